The molecular formula is C44H26N2O3. The fourth-order valence-electron chi connectivity index (χ4n) is 7.73. The highest BCUT2D eigenvalue weighted by Crippen LogP contribution is 2.47. The molecule has 0 aliphatic heterocycles. The van der Waals surface area contributed by atoms with Crippen molar-refractivity contribution in [3.63, 3.8) is 0 Å². The molecule has 0 amide bonds. The van der Waals surface area contributed by atoms with E-state index in [0.717, 1.165) is 93.2 Å². The Kier molecular flexibility index (Phi) is 5.81. The van der Waals surface area contributed by atoms with E-state index in [1.165, 1.54) is 0 Å². The average molecular weight is 631 g/mol. The van der Waals surface area contributed by atoms with Crippen molar-refractivity contribution in [2.75, 3.05) is 0 Å². The first-order valence-corrected chi connectivity index (χ1v) is 16.3. The Hall–Kier alpha value is -6.72. The maximum Gasteiger partial charge on any atom is 0.270 e. The minimum atomic E-state index is -0.281. The number of benzene rings is 8. The van der Waals surface area contributed by atoms with Gasteiger partial charge in [-0.15, -0.1) is 0 Å². The van der Waals surface area contributed by atoms with Crippen LogP contribution in [0.2, 0.25) is 0 Å². The van der Waals surface area contributed by atoms with Gasteiger partial charge >= 0.3 is 0 Å². The SMILES string of the molecule is O=[N+]([O-])c1cc(-c2cccc3ccccc23)c(-n2c3ccccc3c3cc4c(cc32)oc2ccccc24)c(-c2cccc3ccccc23)c1. The molecule has 230 valence electrons. The Labute approximate surface area is 280 Å². The maximum atomic E-state index is 12.7. The van der Waals surface area contributed by atoms with Crippen LogP contribution >= 0.6 is 0 Å². The highest BCUT2D eigenvalue weighted by molar-refractivity contribution is 6.18. The van der Waals surface area contributed by atoms with E-state index >= 15 is 0 Å². The van der Waals surface area contributed by atoms with Crippen LogP contribution < -0.4 is 0 Å². The predicted molar refractivity (Wildman–Crippen MR) is 201 cm³/mol. The molecule has 0 N–H and O–H groups in total. The number of fused-ring (bicyclic) bond motifs is 8. The third-order valence-corrected chi connectivity index (χ3v) is 9.86. The number of hydrogen-bond acceptors (Lipinski definition) is 3. The second-order valence-electron chi connectivity index (χ2n) is 12.5. The normalized spacial score (nSPS) is 11.8. The van der Waals surface area contributed by atoms with Gasteiger partial charge in [-0.3, -0.25) is 10.1 Å². The minimum absolute atomic E-state index is 0.0371. The summed E-state index contributed by atoms with van der Waals surface area (Å²) in [6.45, 7) is 0. The first-order chi connectivity index (χ1) is 24.1. The molecule has 0 aliphatic rings. The summed E-state index contributed by atoms with van der Waals surface area (Å²) in [7, 11) is 0. The Morgan fingerprint density at radius 3 is 1.65 bits per heavy atom. The summed E-state index contributed by atoms with van der Waals surface area (Å²) < 4.78 is 8.73. The highest BCUT2D eigenvalue weighted by atomic mass is 16.6. The van der Waals surface area contributed by atoms with Crippen LogP contribution in [0.3, 0.4) is 0 Å². The number of hydrogen-bond donors (Lipinski definition) is 0. The zero-order chi connectivity index (χ0) is 32.6. The van der Waals surface area contributed by atoms with Gasteiger partial charge in [-0.2, -0.15) is 0 Å². The third-order valence-electron chi connectivity index (χ3n) is 9.86. The lowest BCUT2D eigenvalue weighted by Crippen LogP contribution is -2.03. The van der Waals surface area contributed by atoms with Crippen LogP contribution in [0.1, 0.15) is 0 Å². The Bertz CT molecular complexity index is 2870. The number of nitro groups is 1. The molecule has 0 saturated heterocycles. The van der Waals surface area contributed by atoms with Crippen molar-refractivity contribution < 1.29 is 9.34 Å². The molecule has 5 heteroatoms. The van der Waals surface area contributed by atoms with Crippen LogP contribution in [-0.4, -0.2) is 9.49 Å². The zero-order valence-electron chi connectivity index (χ0n) is 26.1. The molecule has 0 fully saturated rings. The van der Waals surface area contributed by atoms with Crippen molar-refractivity contribution in [2.24, 2.45) is 0 Å². The van der Waals surface area contributed by atoms with Gasteiger partial charge in [0, 0.05) is 50.9 Å². The maximum absolute atomic E-state index is 12.7. The van der Waals surface area contributed by atoms with Gasteiger partial charge < -0.3 is 8.98 Å². The van der Waals surface area contributed by atoms with Crippen molar-refractivity contribution in [1.82, 2.24) is 4.57 Å². The number of aromatic nitrogens is 1. The Morgan fingerprint density at radius 2 is 1.00 bits per heavy atom. The first kappa shape index (κ1) is 27.4. The van der Waals surface area contributed by atoms with E-state index in [1.54, 1.807) is 12.1 Å². The highest BCUT2D eigenvalue weighted by Gasteiger charge is 2.26. The number of rotatable bonds is 4. The fraction of sp³-hybridized carbons (Fsp3) is 0. The number of nitrogens with zero attached hydrogens (tertiary/aromatic N) is 2. The molecule has 0 radical (unpaired) electrons. The van der Waals surface area contributed by atoms with Crippen molar-refractivity contribution in [1.29, 1.82) is 0 Å². The molecule has 10 rings (SSSR count). The summed E-state index contributed by atoms with van der Waals surface area (Å²) in [5.74, 6) is 0. The lowest BCUT2D eigenvalue weighted by molar-refractivity contribution is -0.384. The van der Waals surface area contributed by atoms with Crippen LogP contribution in [0.5, 0.6) is 0 Å². The van der Waals surface area contributed by atoms with Gasteiger partial charge in [0.2, 0.25) is 0 Å². The average Bonchev–Trinajstić information content (AvgIpc) is 3.67. The fourth-order valence-corrected chi connectivity index (χ4v) is 7.73. The van der Waals surface area contributed by atoms with E-state index in [4.69, 9.17) is 4.42 Å². The number of nitro benzene ring substituents is 1. The second-order valence-corrected chi connectivity index (χ2v) is 12.5. The number of non-ortho nitro benzene ring substituents is 1. The predicted octanol–water partition coefficient (Wildman–Crippen LogP) is 12.2. The van der Waals surface area contributed by atoms with Gasteiger partial charge in [0.1, 0.15) is 11.2 Å². The summed E-state index contributed by atoms with van der Waals surface area (Å²) in [5.41, 5.74) is 7.92. The molecule has 0 spiro atoms. The van der Waals surface area contributed by atoms with E-state index in [0.29, 0.717) is 0 Å². The van der Waals surface area contributed by atoms with Crippen LogP contribution in [0, 0.1) is 10.1 Å². The Morgan fingerprint density at radius 1 is 0.449 bits per heavy atom. The number of furan rings is 1. The van der Waals surface area contributed by atoms with Crippen molar-refractivity contribution in [3.05, 3.63) is 168 Å². The first-order valence-electron chi connectivity index (χ1n) is 16.3. The smallest absolute Gasteiger partial charge is 0.270 e. The van der Waals surface area contributed by atoms with Crippen LogP contribution in [0.4, 0.5) is 5.69 Å². The van der Waals surface area contributed by atoms with Crippen molar-refractivity contribution in [2.45, 2.75) is 0 Å². The van der Waals surface area contributed by atoms with Gasteiger partial charge in [0.25, 0.3) is 5.69 Å². The van der Waals surface area contributed by atoms with Crippen molar-refractivity contribution in [3.8, 4) is 27.9 Å². The molecule has 49 heavy (non-hydrogen) atoms. The molecule has 8 aromatic carbocycles. The lowest BCUT2D eigenvalue weighted by atomic mass is 9.90. The quantitative estimate of drug-likeness (QED) is 0.144. The van der Waals surface area contributed by atoms with E-state index in [1.807, 2.05) is 54.6 Å². The molecule has 0 saturated carbocycles. The molecule has 0 aliphatic carbocycles. The summed E-state index contributed by atoms with van der Waals surface area (Å²) in [4.78, 5) is 12.5. The monoisotopic (exact) mass is 630 g/mol. The molecule has 2 aromatic heterocycles. The van der Waals surface area contributed by atoms with Crippen LogP contribution in [0.25, 0.3) is 93.2 Å². The molecule has 2 heterocycles. The van der Waals surface area contributed by atoms with Crippen LogP contribution in [-0.2, 0) is 0 Å². The molecule has 0 atom stereocenters. The lowest BCUT2D eigenvalue weighted by Gasteiger charge is -2.21. The zero-order valence-corrected chi connectivity index (χ0v) is 26.1. The van der Waals surface area contributed by atoms with E-state index in [2.05, 4.69) is 95.6 Å². The van der Waals surface area contributed by atoms with Gasteiger partial charge in [0.15, 0.2) is 0 Å². The van der Waals surface area contributed by atoms with Gasteiger partial charge in [-0.05, 0) is 50.9 Å². The topological polar surface area (TPSA) is 61.2 Å². The molecule has 0 unspecified atom stereocenters. The van der Waals surface area contributed by atoms with Gasteiger partial charge in [0.05, 0.1) is 21.6 Å². The molecule has 0 bridgehead atoms. The summed E-state index contributed by atoms with van der Waals surface area (Å²) in [6.07, 6.45) is 0. The van der Waals surface area contributed by atoms with E-state index < -0.39 is 0 Å². The minimum Gasteiger partial charge on any atom is -0.456 e. The summed E-state index contributed by atoms with van der Waals surface area (Å²) in [5, 5.41) is 21.2. The summed E-state index contributed by atoms with van der Waals surface area (Å²) >= 11 is 0. The largest absolute Gasteiger partial charge is 0.456 e. The molecular weight excluding hydrogens is 604 g/mol. The van der Waals surface area contributed by atoms with Crippen LogP contribution in [0.15, 0.2) is 162 Å². The van der Waals surface area contributed by atoms with E-state index in [9.17, 15) is 10.1 Å². The van der Waals surface area contributed by atoms with Crippen molar-refractivity contribution >= 4 is 71.0 Å². The van der Waals surface area contributed by atoms with E-state index in [-0.39, 0.29) is 10.6 Å². The molecule has 5 nitrogen and oxygen atoms in total. The second kappa shape index (κ2) is 10.4. The van der Waals surface area contributed by atoms with Gasteiger partial charge in [-0.25, -0.2) is 0 Å². The number of para-hydroxylation sites is 2. The Balaban J connectivity index is 1.44. The standard InChI is InChI=1S/C44H26N2O3/c47-46(48)29-23-38(32-19-9-13-27-11-1-3-15-30(27)32)44(39(24-29)33-20-10-14-28-12-2-4-16-31(28)33)45-40-21-7-5-17-34(40)36-25-37-35-18-6-8-22-42(35)49-43(37)26-41(36)45/h1-26H. The third kappa shape index (κ3) is 4.06. The molecule has 10 aromatic rings. The van der Waals surface area contributed by atoms with Gasteiger partial charge in [-0.1, -0.05) is 121 Å². The summed E-state index contributed by atoms with van der Waals surface area (Å²) in [6, 6.07) is 53.2.